The monoisotopic (exact) mass is 310 g/mol. The SMILES string of the molecule is O=C(NCc1nccs1)c1cccc(Oc2ccccc2)c1. The first kappa shape index (κ1) is 14.3. The molecule has 0 spiro atoms. The van der Waals surface area contributed by atoms with Crippen LogP contribution in [-0.4, -0.2) is 10.9 Å². The smallest absolute Gasteiger partial charge is 0.251 e. The van der Waals surface area contributed by atoms with E-state index in [1.54, 1.807) is 24.4 Å². The standard InChI is InChI=1S/C17H14N2O2S/c20-17(19-12-16-18-9-10-22-16)13-5-4-8-15(11-13)21-14-6-2-1-3-7-14/h1-11H,12H2,(H,19,20). The van der Waals surface area contributed by atoms with Gasteiger partial charge in [-0.3, -0.25) is 4.79 Å². The highest BCUT2D eigenvalue weighted by atomic mass is 32.1. The first-order valence-corrected chi connectivity index (χ1v) is 7.69. The minimum absolute atomic E-state index is 0.145. The van der Waals surface area contributed by atoms with E-state index in [0.717, 1.165) is 10.8 Å². The lowest BCUT2D eigenvalue weighted by Crippen LogP contribution is -2.22. The van der Waals surface area contributed by atoms with Crippen molar-refractivity contribution in [1.29, 1.82) is 0 Å². The van der Waals surface area contributed by atoms with E-state index in [1.165, 1.54) is 11.3 Å². The first-order chi connectivity index (χ1) is 10.8. The maximum atomic E-state index is 12.2. The van der Waals surface area contributed by atoms with Crippen molar-refractivity contribution in [2.75, 3.05) is 0 Å². The zero-order valence-electron chi connectivity index (χ0n) is 11.7. The van der Waals surface area contributed by atoms with Crippen molar-refractivity contribution in [3.8, 4) is 11.5 Å². The van der Waals surface area contributed by atoms with Crippen LogP contribution in [0, 0.1) is 0 Å². The molecule has 110 valence electrons. The molecule has 1 N–H and O–H groups in total. The Hall–Kier alpha value is -2.66. The van der Waals surface area contributed by atoms with E-state index >= 15 is 0 Å². The van der Waals surface area contributed by atoms with Crippen LogP contribution in [0.1, 0.15) is 15.4 Å². The van der Waals surface area contributed by atoms with E-state index in [9.17, 15) is 4.79 Å². The Labute approximate surface area is 132 Å². The molecule has 1 heterocycles. The zero-order chi connectivity index (χ0) is 15.2. The van der Waals surface area contributed by atoms with Gasteiger partial charge in [0.15, 0.2) is 0 Å². The molecule has 0 saturated carbocycles. The molecule has 0 aliphatic heterocycles. The topological polar surface area (TPSA) is 51.2 Å². The molecule has 0 saturated heterocycles. The molecule has 0 aliphatic carbocycles. The molecule has 22 heavy (non-hydrogen) atoms. The van der Waals surface area contributed by atoms with Gasteiger partial charge in [0.1, 0.15) is 16.5 Å². The lowest BCUT2D eigenvalue weighted by Gasteiger charge is -2.08. The molecule has 0 atom stereocenters. The summed E-state index contributed by atoms with van der Waals surface area (Å²) in [6, 6.07) is 16.6. The zero-order valence-corrected chi connectivity index (χ0v) is 12.5. The van der Waals surface area contributed by atoms with Crippen LogP contribution in [-0.2, 0) is 6.54 Å². The van der Waals surface area contributed by atoms with Crippen LogP contribution in [0.2, 0.25) is 0 Å². The lowest BCUT2D eigenvalue weighted by atomic mass is 10.2. The number of nitrogens with one attached hydrogen (secondary N) is 1. The van der Waals surface area contributed by atoms with Gasteiger partial charge in [-0.2, -0.15) is 0 Å². The third kappa shape index (κ3) is 3.71. The van der Waals surface area contributed by atoms with Gasteiger partial charge in [0.05, 0.1) is 6.54 Å². The van der Waals surface area contributed by atoms with Crippen molar-refractivity contribution in [2.45, 2.75) is 6.54 Å². The average Bonchev–Trinajstić information content (AvgIpc) is 3.07. The van der Waals surface area contributed by atoms with Crippen LogP contribution < -0.4 is 10.1 Å². The number of ether oxygens (including phenoxy) is 1. The summed E-state index contributed by atoms with van der Waals surface area (Å²) < 4.78 is 5.73. The summed E-state index contributed by atoms with van der Waals surface area (Å²) in [6.45, 7) is 0.431. The Morgan fingerprint density at radius 2 is 1.91 bits per heavy atom. The number of hydrogen-bond donors (Lipinski definition) is 1. The molecular formula is C17H14N2O2S. The molecule has 0 unspecified atom stereocenters. The number of carbonyl (C=O) groups is 1. The summed E-state index contributed by atoms with van der Waals surface area (Å²) in [4.78, 5) is 16.3. The van der Waals surface area contributed by atoms with Crippen LogP contribution in [0.5, 0.6) is 11.5 Å². The number of hydrogen-bond acceptors (Lipinski definition) is 4. The molecule has 3 aromatic rings. The van der Waals surface area contributed by atoms with E-state index in [1.807, 2.05) is 41.8 Å². The molecule has 0 aliphatic rings. The van der Waals surface area contributed by atoms with Crippen LogP contribution in [0.4, 0.5) is 0 Å². The Morgan fingerprint density at radius 3 is 2.68 bits per heavy atom. The van der Waals surface area contributed by atoms with Crippen LogP contribution in [0.3, 0.4) is 0 Å². The third-order valence-corrected chi connectivity index (χ3v) is 3.74. The molecular weight excluding hydrogens is 296 g/mol. The summed E-state index contributed by atoms with van der Waals surface area (Å²) in [6.07, 6.45) is 1.72. The van der Waals surface area contributed by atoms with Crippen LogP contribution >= 0.6 is 11.3 Å². The quantitative estimate of drug-likeness (QED) is 0.778. The third-order valence-electron chi connectivity index (χ3n) is 2.96. The number of nitrogens with zero attached hydrogens (tertiary/aromatic N) is 1. The van der Waals surface area contributed by atoms with Crippen molar-refractivity contribution in [1.82, 2.24) is 10.3 Å². The molecule has 0 fully saturated rings. The van der Waals surface area contributed by atoms with Crippen LogP contribution in [0.25, 0.3) is 0 Å². The van der Waals surface area contributed by atoms with Gasteiger partial charge in [0.25, 0.3) is 5.91 Å². The Balaban J connectivity index is 1.66. The summed E-state index contributed by atoms with van der Waals surface area (Å²) in [5.74, 6) is 1.23. The lowest BCUT2D eigenvalue weighted by molar-refractivity contribution is 0.0950. The van der Waals surface area contributed by atoms with E-state index in [-0.39, 0.29) is 5.91 Å². The van der Waals surface area contributed by atoms with Gasteiger partial charge >= 0.3 is 0 Å². The minimum Gasteiger partial charge on any atom is -0.457 e. The molecule has 4 nitrogen and oxygen atoms in total. The van der Waals surface area contributed by atoms with Gasteiger partial charge in [0.2, 0.25) is 0 Å². The second kappa shape index (κ2) is 6.87. The summed E-state index contributed by atoms with van der Waals surface area (Å²) >= 11 is 1.51. The minimum atomic E-state index is -0.145. The highest BCUT2D eigenvalue weighted by Crippen LogP contribution is 2.21. The predicted molar refractivity (Wildman–Crippen MR) is 86.2 cm³/mol. The van der Waals surface area contributed by atoms with Crippen molar-refractivity contribution in [3.63, 3.8) is 0 Å². The molecule has 1 aromatic heterocycles. The van der Waals surface area contributed by atoms with Crippen molar-refractivity contribution in [2.24, 2.45) is 0 Å². The number of amides is 1. The summed E-state index contributed by atoms with van der Waals surface area (Å²) in [7, 11) is 0. The number of benzene rings is 2. The van der Waals surface area contributed by atoms with Crippen molar-refractivity contribution < 1.29 is 9.53 Å². The largest absolute Gasteiger partial charge is 0.457 e. The van der Waals surface area contributed by atoms with E-state index in [4.69, 9.17) is 4.74 Å². The predicted octanol–water partition coefficient (Wildman–Crippen LogP) is 3.87. The number of thiazole rings is 1. The second-order valence-corrected chi connectivity index (χ2v) is 5.53. The second-order valence-electron chi connectivity index (χ2n) is 4.55. The van der Waals surface area contributed by atoms with Gasteiger partial charge in [-0.1, -0.05) is 24.3 Å². The van der Waals surface area contributed by atoms with E-state index in [0.29, 0.717) is 17.9 Å². The summed E-state index contributed by atoms with van der Waals surface area (Å²) in [5, 5.41) is 5.61. The van der Waals surface area contributed by atoms with Gasteiger partial charge in [-0.15, -0.1) is 11.3 Å². The number of aromatic nitrogens is 1. The fraction of sp³-hybridized carbons (Fsp3) is 0.0588. The van der Waals surface area contributed by atoms with Crippen LogP contribution in [0.15, 0.2) is 66.2 Å². The molecule has 2 aromatic carbocycles. The van der Waals surface area contributed by atoms with Gasteiger partial charge in [0, 0.05) is 17.1 Å². The molecule has 3 rings (SSSR count). The summed E-state index contributed by atoms with van der Waals surface area (Å²) in [5.41, 5.74) is 0.560. The molecule has 5 heteroatoms. The van der Waals surface area contributed by atoms with Crippen molar-refractivity contribution in [3.05, 3.63) is 76.7 Å². The first-order valence-electron chi connectivity index (χ1n) is 6.81. The van der Waals surface area contributed by atoms with Gasteiger partial charge < -0.3 is 10.1 Å². The Bertz CT molecular complexity index is 742. The number of rotatable bonds is 5. The number of carbonyl (C=O) groups excluding carboxylic acids is 1. The van der Waals surface area contributed by atoms with E-state index in [2.05, 4.69) is 10.3 Å². The Morgan fingerprint density at radius 1 is 1.09 bits per heavy atom. The normalized spacial score (nSPS) is 10.2. The van der Waals surface area contributed by atoms with Crippen molar-refractivity contribution >= 4 is 17.2 Å². The fourth-order valence-corrected chi connectivity index (χ4v) is 2.48. The maximum absolute atomic E-state index is 12.2. The average molecular weight is 310 g/mol. The highest BCUT2D eigenvalue weighted by molar-refractivity contribution is 7.09. The number of para-hydroxylation sites is 1. The van der Waals surface area contributed by atoms with Gasteiger partial charge in [-0.05, 0) is 30.3 Å². The van der Waals surface area contributed by atoms with E-state index < -0.39 is 0 Å². The maximum Gasteiger partial charge on any atom is 0.251 e. The fourth-order valence-electron chi connectivity index (χ4n) is 1.92. The molecule has 0 radical (unpaired) electrons. The molecule has 0 bridgehead atoms. The van der Waals surface area contributed by atoms with Gasteiger partial charge in [-0.25, -0.2) is 4.98 Å². The highest BCUT2D eigenvalue weighted by Gasteiger charge is 2.07. The molecule has 1 amide bonds. The Kier molecular flexibility index (Phi) is 4.46.